The van der Waals surface area contributed by atoms with E-state index < -0.39 is 5.97 Å². The van der Waals surface area contributed by atoms with E-state index in [1.165, 1.54) is 12.8 Å². The number of carboxylic acids is 1. The minimum Gasteiger partial charge on any atom is -0.481 e. The van der Waals surface area contributed by atoms with Gasteiger partial charge in [-0.3, -0.25) is 4.79 Å². The summed E-state index contributed by atoms with van der Waals surface area (Å²) in [5.74, 6) is -0.675. The summed E-state index contributed by atoms with van der Waals surface area (Å²) >= 11 is 0. The van der Waals surface area contributed by atoms with Gasteiger partial charge >= 0.3 is 5.97 Å². The third kappa shape index (κ3) is 13.2. The molecule has 0 aromatic heterocycles. The molecule has 88 valence electrons. The number of carbonyl (C=O) groups is 1. The molecule has 0 aromatic carbocycles. The molecule has 0 aliphatic rings. The Morgan fingerprint density at radius 3 is 2.27 bits per heavy atom. The van der Waals surface area contributed by atoms with E-state index in [9.17, 15) is 4.79 Å². The average Bonchev–Trinajstić information content (AvgIpc) is 2.20. The van der Waals surface area contributed by atoms with Crippen molar-refractivity contribution in [2.75, 3.05) is 0 Å². The van der Waals surface area contributed by atoms with Crippen LogP contribution in [0.3, 0.4) is 0 Å². The SMILES string of the molecule is [CH2-]CC/C=C/CCCCCCCC(=O)O. The first-order chi connectivity index (χ1) is 7.27. The van der Waals surface area contributed by atoms with Gasteiger partial charge in [0.25, 0.3) is 0 Å². The van der Waals surface area contributed by atoms with Crippen LogP contribution in [0.4, 0.5) is 0 Å². The number of hydrogen-bond donors (Lipinski definition) is 1. The Kier molecular flexibility index (Phi) is 10.7. The summed E-state index contributed by atoms with van der Waals surface area (Å²) in [5.41, 5.74) is 0. The lowest BCUT2D eigenvalue weighted by Crippen LogP contribution is -1.93. The monoisotopic (exact) mass is 211 g/mol. The largest absolute Gasteiger partial charge is 0.481 e. The maximum Gasteiger partial charge on any atom is 0.303 e. The fourth-order valence-corrected chi connectivity index (χ4v) is 1.42. The summed E-state index contributed by atoms with van der Waals surface area (Å²) in [6.07, 6.45) is 13.4. The van der Waals surface area contributed by atoms with Crippen molar-refractivity contribution in [1.29, 1.82) is 0 Å². The van der Waals surface area contributed by atoms with Gasteiger partial charge in [0.2, 0.25) is 0 Å². The average molecular weight is 211 g/mol. The first-order valence-electron chi connectivity index (χ1n) is 5.93. The van der Waals surface area contributed by atoms with Gasteiger partial charge in [-0.1, -0.05) is 37.8 Å². The van der Waals surface area contributed by atoms with Gasteiger partial charge in [-0.05, 0) is 19.3 Å². The zero-order valence-corrected chi connectivity index (χ0v) is 9.58. The third-order valence-electron chi connectivity index (χ3n) is 2.30. The standard InChI is InChI=1S/C13H23O2/c1-2-3-4-5-6-7-8-9-10-11-12-13(14)15/h4-5H,1-3,6-12H2,(H,14,15)/q-1/b5-4+. The summed E-state index contributed by atoms with van der Waals surface area (Å²) in [5, 5.41) is 8.42. The zero-order chi connectivity index (χ0) is 11.4. The molecule has 0 saturated heterocycles. The molecule has 0 aliphatic heterocycles. The minimum atomic E-state index is -0.675. The quantitative estimate of drug-likeness (QED) is 0.337. The molecule has 0 aliphatic carbocycles. The predicted octanol–water partition coefficient (Wildman–Crippen LogP) is 3.97. The van der Waals surface area contributed by atoms with Gasteiger partial charge in [-0.25, -0.2) is 0 Å². The maximum absolute atomic E-state index is 10.2. The van der Waals surface area contributed by atoms with Gasteiger partial charge in [-0.2, -0.15) is 6.42 Å². The van der Waals surface area contributed by atoms with Crippen molar-refractivity contribution in [3.05, 3.63) is 19.1 Å². The van der Waals surface area contributed by atoms with Crippen LogP contribution in [-0.4, -0.2) is 11.1 Å². The van der Waals surface area contributed by atoms with Gasteiger partial charge in [0.1, 0.15) is 0 Å². The molecule has 0 saturated carbocycles. The van der Waals surface area contributed by atoms with Crippen LogP contribution in [0.15, 0.2) is 12.2 Å². The Morgan fingerprint density at radius 1 is 1.00 bits per heavy atom. The van der Waals surface area contributed by atoms with Crippen LogP contribution in [0.1, 0.15) is 57.8 Å². The Balaban J connectivity index is 3.01. The smallest absolute Gasteiger partial charge is 0.303 e. The second kappa shape index (κ2) is 11.3. The highest BCUT2D eigenvalue weighted by molar-refractivity contribution is 5.66. The number of hydrogen-bond acceptors (Lipinski definition) is 1. The highest BCUT2D eigenvalue weighted by atomic mass is 16.4. The number of rotatable bonds is 10. The normalized spacial score (nSPS) is 11.0. The maximum atomic E-state index is 10.2. The van der Waals surface area contributed by atoms with E-state index in [4.69, 9.17) is 5.11 Å². The second-order valence-corrected chi connectivity index (χ2v) is 3.81. The summed E-state index contributed by atoms with van der Waals surface area (Å²) < 4.78 is 0. The Bertz CT molecular complexity index is 173. The van der Waals surface area contributed by atoms with Gasteiger partial charge in [0, 0.05) is 6.42 Å². The van der Waals surface area contributed by atoms with Gasteiger partial charge in [0.15, 0.2) is 0 Å². The van der Waals surface area contributed by atoms with Crippen LogP contribution >= 0.6 is 0 Å². The first-order valence-corrected chi connectivity index (χ1v) is 5.93. The van der Waals surface area contributed by atoms with E-state index in [2.05, 4.69) is 19.1 Å². The molecule has 1 N–H and O–H groups in total. The molecule has 0 fully saturated rings. The van der Waals surface area contributed by atoms with E-state index in [1.54, 1.807) is 0 Å². The van der Waals surface area contributed by atoms with Crippen molar-refractivity contribution in [2.45, 2.75) is 57.8 Å². The summed E-state index contributed by atoms with van der Waals surface area (Å²) in [6.45, 7) is 3.77. The minimum absolute atomic E-state index is 0.323. The Morgan fingerprint density at radius 2 is 1.60 bits per heavy atom. The fraction of sp³-hybridized carbons (Fsp3) is 0.692. The molecule has 0 radical (unpaired) electrons. The van der Waals surface area contributed by atoms with Crippen molar-refractivity contribution < 1.29 is 9.90 Å². The van der Waals surface area contributed by atoms with Crippen molar-refractivity contribution in [2.24, 2.45) is 0 Å². The van der Waals surface area contributed by atoms with E-state index in [0.29, 0.717) is 6.42 Å². The van der Waals surface area contributed by atoms with Crippen molar-refractivity contribution in [1.82, 2.24) is 0 Å². The van der Waals surface area contributed by atoms with E-state index in [-0.39, 0.29) is 0 Å². The van der Waals surface area contributed by atoms with Crippen LogP contribution in [0.2, 0.25) is 0 Å². The molecule has 0 amide bonds. The topological polar surface area (TPSA) is 37.3 Å². The lowest BCUT2D eigenvalue weighted by Gasteiger charge is -1.98. The zero-order valence-electron chi connectivity index (χ0n) is 9.58. The fourth-order valence-electron chi connectivity index (χ4n) is 1.42. The van der Waals surface area contributed by atoms with Crippen molar-refractivity contribution >= 4 is 5.97 Å². The van der Waals surface area contributed by atoms with Crippen LogP contribution in [0.25, 0.3) is 0 Å². The molecular weight excluding hydrogens is 188 g/mol. The summed E-state index contributed by atoms with van der Waals surface area (Å²) in [7, 11) is 0. The Labute approximate surface area is 93.4 Å². The van der Waals surface area contributed by atoms with Crippen LogP contribution in [0.5, 0.6) is 0 Å². The van der Waals surface area contributed by atoms with Gasteiger partial charge < -0.3 is 12.0 Å². The molecule has 0 unspecified atom stereocenters. The summed E-state index contributed by atoms with van der Waals surface area (Å²) in [6, 6.07) is 0. The number of carboxylic acid groups (broad SMARTS) is 1. The van der Waals surface area contributed by atoms with E-state index in [0.717, 1.165) is 38.5 Å². The molecule has 15 heavy (non-hydrogen) atoms. The second-order valence-electron chi connectivity index (χ2n) is 3.81. The molecule has 0 atom stereocenters. The lowest BCUT2D eigenvalue weighted by molar-refractivity contribution is -0.137. The van der Waals surface area contributed by atoms with Gasteiger partial charge in [-0.15, -0.1) is 0 Å². The van der Waals surface area contributed by atoms with Crippen LogP contribution in [0, 0.1) is 6.92 Å². The molecular formula is C13H23O2-. The highest BCUT2D eigenvalue weighted by Crippen LogP contribution is 2.07. The third-order valence-corrected chi connectivity index (χ3v) is 2.30. The Hall–Kier alpha value is -0.790. The molecule has 2 nitrogen and oxygen atoms in total. The van der Waals surface area contributed by atoms with E-state index in [1.807, 2.05) is 0 Å². The van der Waals surface area contributed by atoms with Gasteiger partial charge in [0.05, 0.1) is 0 Å². The molecule has 0 heterocycles. The van der Waals surface area contributed by atoms with Crippen molar-refractivity contribution in [3.63, 3.8) is 0 Å². The molecule has 0 aromatic rings. The highest BCUT2D eigenvalue weighted by Gasteiger charge is 1.95. The number of unbranched alkanes of at least 4 members (excludes halogenated alkanes) is 6. The first kappa shape index (κ1) is 14.2. The molecule has 2 heteroatoms. The van der Waals surface area contributed by atoms with Crippen LogP contribution in [-0.2, 0) is 4.79 Å². The molecule has 0 bridgehead atoms. The van der Waals surface area contributed by atoms with Crippen molar-refractivity contribution in [3.8, 4) is 0 Å². The predicted molar refractivity (Wildman–Crippen MR) is 63.7 cm³/mol. The molecule has 0 spiro atoms. The van der Waals surface area contributed by atoms with E-state index >= 15 is 0 Å². The summed E-state index contributed by atoms with van der Waals surface area (Å²) in [4.78, 5) is 10.2. The lowest BCUT2D eigenvalue weighted by atomic mass is 10.1. The molecule has 0 rings (SSSR count). The number of allylic oxidation sites excluding steroid dienone is 2. The number of aliphatic carboxylic acids is 1. The van der Waals surface area contributed by atoms with Crippen LogP contribution < -0.4 is 0 Å².